The Balaban J connectivity index is 0.00000107. The summed E-state index contributed by atoms with van der Waals surface area (Å²) in [5, 5.41) is 4.36. The van der Waals surface area contributed by atoms with Gasteiger partial charge in [0.25, 0.3) is 0 Å². The van der Waals surface area contributed by atoms with Gasteiger partial charge in [0.05, 0.1) is 5.69 Å². The minimum atomic E-state index is 0.461. The predicted octanol–water partition coefficient (Wildman–Crippen LogP) is 4.82. The highest BCUT2D eigenvalue weighted by atomic mass is 15.2. The smallest absolute Gasteiger partial charge is 0.149 e. The number of aromatic amines is 1. The number of H-pyrrole nitrogens is 1. The van der Waals surface area contributed by atoms with Crippen LogP contribution in [0.25, 0.3) is 16.6 Å². The number of aromatic nitrogens is 1. The second kappa shape index (κ2) is 11.9. The molecule has 1 unspecified atom stereocenters. The van der Waals surface area contributed by atoms with Crippen molar-refractivity contribution in [3.05, 3.63) is 66.3 Å². The number of nitrogens with zero attached hydrogens (tertiary/aromatic N) is 3. The Morgan fingerprint density at radius 1 is 1.39 bits per heavy atom. The van der Waals surface area contributed by atoms with Crippen molar-refractivity contribution in [3.63, 3.8) is 0 Å². The van der Waals surface area contributed by atoms with Crippen LogP contribution in [0.4, 0.5) is 0 Å². The summed E-state index contributed by atoms with van der Waals surface area (Å²) < 4.78 is 0. The lowest BCUT2D eigenvalue weighted by molar-refractivity contribution is 0.391. The number of benzene rings is 1. The number of fused-ring (bicyclic) bond motifs is 1. The van der Waals surface area contributed by atoms with E-state index in [0.29, 0.717) is 11.8 Å². The van der Waals surface area contributed by atoms with Gasteiger partial charge < -0.3 is 20.9 Å². The van der Waals surface area contributed by atoms with Crippen LogP contribution >= 0.6 is 0 Å². The van der Waals surface area contributed by atoms with E-state index in [9.17, 15) is 0 Å². The third kappa shape index (κ3) is 6.18. The molecule has 166 valence electrons. The number of aliphatic imine (C=N–C) groups is 2. The molecule has 0 bridgehead atoms. The monoisotopic (exact) mass is 420 g/mol. The first kappa shape index (κ1) is 24.2. The standard InChI is InChI=1S/C22H30N6.C3H6/c1-15(8-10-24-3)9-12-28-13-11-26-22(23)21(28)20(25-4)18-14-17-7-5-6-16(2)19(17)27-18;1-3-2/h5-7,11,13-15,24,27H,4,8-10,12H2,1-3H3,(H2,23,26);3H,1H2,2H3/b21-20-;. The summed E-state index contributed by atoms with van der Waals surface area (Å²) in [5.41, 5.74) is 11.0. The topological polar surface area (TPSA) is 81.8 Å². The number of allylic oxidation sites excluding steroid dienone is 1. The SMILES string of the molecule is C=CC.C=N/C(=C1/C(N)=NC=CN1CCC(C)CCNC)c1cc2cccc(C)c2[nH]1. The summed E-state index contributed by atoms with van der Waals surface area (Å²) in [7, 11) is 1.99. The number of aryl methyl sites for hydroxylation is 1. The Morgan fingerprint density at radius 3 is 2.77 bits per heavy atom. The van der Waals surface area contributed by atoms with Crippen LogP contribution in [0.5, 0.6) is 0 Å². The van der Waals surface area contributed by atoms with E-state index in [-0.39, 0.29) is 0 Å². The number of hydrogen-bond donors (Lipinski definition) is 3. The number of para-hydroxylation sites is 1. The van der Waals surface area contributed by atoms with E-state index in [1.807, 2.05) is 20.2 Å². The highest BCUT2D eigenvalue weighted by Crippen LogP contribution is 2.29. The molecule has 2 heterocycles. The molecule has 0 spiro atoms. The van der Waals surface area contributed by atoms with Crippen LogP contribution in [0.3, 0.4) is 0 Å². The summed E-state index contributed by atoms with van der Waals surface area (Å²) in [6, 6.07) is 8.34. The third-order valence-corrected chi connectivity index (χ3v) is 5.24. The first-order valence-corrected chi connectivity index (χ1v) is 10.7. The fourth-order valence-electron chi connectivity index (χ4n) is 3.54. The molecule has 1 aromatic carbocycles. The Hall–Kier alpha value is -3.12. The van der Waals surface area contributed by atoms with E-state index in [0.717, 1.165) is 53.9 Å². The largest absolute Gasteiger partial charge is 0.382 e. The van der Waals surface area contributed by atoms with E-state index in [1.54, 1.807) is 12.3 Å². The van der Waals surface area contributed by atoms with Gasteiger partial charge in [-0.15, -0.1) is 6.58 Å². The Labute approximate surface area is 186 Å². The molecular weight excluding hydrogens is 384 g/mol. The van der Waals surface area contributed by atoms with Crippen LogP contribution < -0.4 is 11.1 Å². The summed E-state index contributed by atoms with van der Waals surface area (Å²) in [6.45, 7) is 15.3. The van der Waals surface area contributed by atoms with Gasteiger partial charge in [0.2, 0.25) is 0 Å². The van der Waals surface area contributed by atoms with Gasteiger partial charge in [-0.2, -0.15) is 0 Å². The molecule has 6 nitrogen and oxygen atoms in total. The number of hydrogen-bond acceptors (Lipinski definition) is 5. The molecule has 0 amide bonds. The van der Waals surface area contributed by atoms with Crippen LogP contribution in [-0.2, 0) is 0 Å². The van der Waals surface area contributed by atoms with Crippen LogP contribution in [0.2, 0.25) is 0 Å². The molecule has 0 radical (unpaired) electrons. The Kier molecular flexibility index (Phi) is 9.28. The molecule has 0 saturated carbocycles. The van der Waals surface area contributed by atoms with Crippen molar-refractivity contribution in [3.8, 4) is 0 Å². The van der Waals surface area contributed by atoms with Gasteiger partial charge in [-0.05, 0) is 64.5 Å². The van der Waals surface area contributed by atoms with Crippen molar-refractivity contribution in [1.82, 2.24) is 15.2 Å². The minimum Gasteiger partial charge on any atom is -0.382 e. The van der Waals surface area contributed by atoms with Crippen molar-refractivity contribution < 1.29 is 0 Å². The molecular formula is C25H36N6. The Bertz CT molecular complexity index is 979. The molecule has 3 rings (SSSR count). The third-order valence-electron chi connectivity index (χ3n) is 5.24. The second-order valence-corrected chi connectivity index (χ2v) is 7.78. The summed E-state index contributed by atoms with van der Waals surface area (Å²) in [6.07, 6.45) is 7.66. The molecule has 31 heavy (non-hydrogen) atoms. The van der Waals surface area contributed by atoms with Crippen LogP contribution in [0.15, 0.2) is 65.0 Å². The second-order valence-electron chi connectivity index (χ2n) is 7.78. The van der Waals surface area contributed by atoms with Gasteiger partial charge >= 0.3 is 0 Å². The fraction of sp³-hybridized carbons (Fsp3) is 0.360. The highest BCUT2D eigenvalue weighted by molar-refractivity contribution is 6.05. The van der Waals surface area contributed by atoms with Crippen molar-refractivity contribution in [2.45, 2.75) is 33.6 Å². The first-order valence-electron chi connectivity index (χ1n) is 10.7. The number of amidine groups is 1. The summed E-state index contributed by atoms with van der Waals surface area (Å²) in [4.78, 5) is 14.3. The van der Waals surface area contributed by atoms with Gasteiger partial charge in [0.1, 0.15) is 17.2 Å². The maximum atomic E-state index is 6.28. The average molecular weight is 421 g/mol. The molecule has 0 saturated heterocycles. The van der Waals surface area contributed by atoms with E-state index >= 15 is 0 Å². The van der Waals surface area contributed by atoms with E-state index in [1.165, 1.54) is 5.56 Å². The number of nitrogens with one attached hydrogen (secondary N) is 2. The lowest BCUT2D eigenvalue weighted by Gasteiger charge is -2.28. The maximum Gasteiger partial charge on any atom is 0.149 e. The molecule has 4 N–H and O–H groups in total. The van der Waals surface area contributed by atoms with Crippen molar-refractivity contribution in [1.29, 1.82) is 0 Å². The van der Waals surface area contributed by atoms with Crippen LogP contribution in [0, 0.1) is 12.8 Å². The average Bonchev–Trinajstić information content (AvgIpc) is 3.18. The van der Waals surface area contributed by atoms with Gasteiger partial charge in [-0.1, -0.05) is 31.2 Å². The molecule has 1 aliphatic rings. The molecule has 6 heteroatoms. The lowest BCUT2D eigenvalue weighted by Crippen LogP contribution is -2.32. The molecule has 0 fully saturated rings. The van der Waals surface area contributed by atoms with Crippen molar-refractivity contribution in [2.75, 3.05) is 20.1 Å². The Morgan fingerprint density at radius 2 is 2.13 bits per heavy atom. The molecule has 1 aromatic heterocycles. The maximum absolute atomic E-state index is 6.28. The van der Waals surface area contributed by atoms with Crippen molar-refractivity contribution >= 4 is 29.2 Å². The highest BCUT2D eigenvalue weighted by Gasteiger charge is 2.22. The summed E-state index contributed by atoms with van der Waals surface area (Å²) in [5.74, 6) is 1.07. The van der Waals surface area contributed by atoms with Gasteiger partial charge in [0, 0.05) is 29.8 Å². The molecule has 1 atom stereocenters. The zero-order chi connectivity index (χ0) is 22.8. The van der Waals surface area contributed by atoms with Crippen LogP contribution in [-0.4, -0.2) is 42.6 Å². The fourth-order valence-corrected chi connectivity index (χ4v) is 3.54. The van der Waals surface area contributed by atoms with Crippen molar-refractivity contribution in [2.24, 2.45) is 21.6 Å². The van der Waals surface area contributed by atoms with Gasteiger partial charge in [-0.25, -0.2) is 4.99 Å². The molecule has 0 aliphatic carbocycles. The van der Waals surface area contributed by atoms with Crippen LogP contribution in [0.1, 0.15) is 37.9 Å². The van der Waals surface area contributed by atoms with Gasteiger partial charge in [0.15, 0.2) is 0 Å². The van der Waals surface area contributed by atoms with E-state index < -0.39 is 0 Å². The summed E-state index contributed by atoms with van der Waals surface area (Å²) >= 11 is 0. The minimum absolute atomic E-state index is 0.461. The number of nitrogens with two attached hydrogens (primary N) is 1. The van der Waals surface area contributed by atoms with E-state index in [2.05, 4.69) is 76.6 Å². The normalized spacial score (nSPS) is 15.7. The quantitative estimate of drug-likeness (QED) is 0.423. The first-order chi connectivity index (χ1) is 15.0. The zero-order valence-corrected chi connectivity index (χ0v) is 19.3. The van der Waals surface area contributed by atoms with E-state index in [4.69, 9.17) is 5.73 Å². The molecule has 1 aliphatic heterocycles. The van der Waals surface area contributed by atoms with Gasteiger partial charge in [-0.3, -0.25) is 4.99 Å². The lowest BCUT2D eigenvalue weighted by atomic mass is 10.0. The number of rotatable bonds is 8. The molecule has 2 aromatic rings. The zero-order valence-electron chi connectivity index (χ0n) is 19.3. The predicted molar refractivity (Wildman–Crippen MR) is 135 cm³/mol.